The van der Waals surface area contributed by atoms with Gasteiger partial charge in [0.1, 0.15) is 23.9 Å². The molecular formula is C29H29NO3. The second-order valence-electron chi connectivity index (χ2n) is 9.13. The first-order valence-electron chi connectivity index (χ1n) is 11.2. The summed E-state index contributed by atoms with van der Waals surface area (Å²) in [5, 5.41) is 3.68. The number of hydrogen-bond acceptors (Lipinski definition) is 4. The molecule has 0 bridgehead atoms. The van der Waals surface area contributed by atoms with Gasteiger partial charge in [0.25, 0.3) is 0 Å². The molecule has 0 aliphatic carbocycles. The van der Waals surface area contributed by atoms with Gasteiger partial charge in [0.15, 0.2) is 6.10 Å². The Morgan fingerprint density at radius 3 is 2.70 bits per heavy atom. The predicted octanol–water partition coefficient (Wildman–Crippen LogP) is 7.02. The van der Waals surface area contributed by atoms with Gasteiger partial charge in [-0.15, -0.1) is 0 Å². The van der Waals surface area contributed by atoms with Gasteiger partial charge in [-0.3, -0.25) is 0 Å². The molecule has 0 saturated carbocycles. The van der Waals surface area contributed by atoms with Gasteiger partial charge in [-0.05, 0) is 62.2 Å². The normalized spacial score (nSPS) is 17.3. The maximum Gasteiger partial charge on any atom is 0.150 e. The van der Waals surface area contributed by atoms with Gasteiger partial charge < -0.3 is 19.5 Å². The average Bonchev–Trinajstić information content (AvgIpc) is 2.80. The van der Waals surface area contributed by atoms with Crippen molar-refractivity contribution in [3.05, 3.63) is 90.0 Å². The second-order valence-corrected chi connectivity index (χ2v) is 9.13. The molecule has 33 heavy (non-hydrogen) atoms. The molecule has 1 atom stereocenters. The van der Waals surface area contributed by atoms with Crippen molar-refractivity contribution in [1.29, 1.82) is 0 Å². The molecule has 5 rings (SSSR count). The van der Waals surface area contributed by atoms with Crippen molar-refractivity contribution in [3.63, 3.8) is 0 Å². The van der Waals surface area contributed by atoms with Crippen LogP contribution >= 0.6 is 0 Å². The van der Waals surface area contributed by atoms with Crippen molar-refractivity contribution in [1.82, 2.24) is 0 Å². The Morgan fingerprint density at radius 1 is 1.09 bits per heavy atom. The second kappa shape index (κ2) is 8.04. The Morgan fingerprint density at radius 2 is 1.91 bits per heavy atom. The molecule has 3 aromatic carbocycles. The number of hydrogen-bond donors (Lipinski definition) is 1. The SMILES string of the molecule is C=CCOc1cccc(C2Oc3cccc(OC)c3-c3ccc4c(c32)C(C)=CC(C)(C)N4)c1. The van der Waals surface area contributed by atoms with Crippen LogP contribution in [-0.2, 0) is 0 Å². The van der Waals surface area contributed by atoms with E-state index < -0.39 is 0 Å². The number of nitrogens with one attached hydrogen (secondary N) is 1. The zero-order valence-electron chi connectivity index (χ0n) is 19.6. The van der Waals surface area contributed by atoms with E-state index in [-0.39, 0.29) is 11.6 Å². The summed E-state index contributed by atoms with van der Waals surface area (Å²) in [6.07, 6.45) is 3.75. The highest BCUT2D eigenvalue weighted by atomic mass is 16.5. The molecule has 1 unspecified atom stereocenters. The lowest BCUT2D eigenvalue weighted by Gasteiger charge is -2.37. The highest BCUT2D eigenvalue weighted by Crippen LogP contribution is 2.53. The van der Waals surface area contributed by atoms with Crippen LogP contribution in [0.5, 0.6) is 17.2 Å². The summed E-state index contributed by atoms with van der Waals surface area (Å²) in [6.45, 7) is 10.8. The Hall–Kier alpha value is -3.66. The highest BCUT2D eigenvalue weighted by Gasteiger charge is 2.35. The third kappa shape index (κ3) is 3.66. The first-order chi connectivity index (χ1) is 15.9. The lowest BCUT2D eigenvalue weighted by molar-refractivity contribution is 0.241. The molecule has 0 amide bonds. The topological polar surface area (TPSA) is 39.7 Å². The van der Waals surface area contributed by atoms with Crippen LogP contribution in [0.3, 0.4) is 0 Å². The van der Waals surface area contributed by atoms with E-state index in [1.165, 1.54) is 11.1 Å². The molecule has 4 heteroatoms. The Balaban J connectivity index is 1.76. The zero-order valence-corrected chi connectivity index (χ0v) is 19.6. The number of fused-ring (bicyclic) bond motifs is 5. The Labute approximate surface area is 195 Å². The third-order valence-corrected chi connectivity index (χ3v) is 6.19. The lowest BCUT2D eigenvalue weighted by Crippen LogP contribution is -2.32. The van der Waals surface area contributed by atoms with Crippen molar-refractivity contribution in [2.45, 2.75) is 32.4 Å². The van der Waals surface area contributed by atoms with Crippen LogP contribution in [0.15, 0.2) is 73.3 Å². The molecule has 0 aromatic heterocycles. The van der Waals surface area contributed by atoms with Crippen LogP contribution in [0.2, 0.25) is 0 Å². The maximum atomic E-state index is 6.70. The first-order valence-corrected chi connectivity index (χ1v) is 11.2. The van der Waals surface area contributed by atoms with Crippen molar-refractivity contribution < 1.29 is 14.2 Å². The van der Waals surface area contributed by atoms with E-state index >= 15 is 0 Å². The average molecular weight is 440 g/mol. The summed E-state index contributed by atoms with van der Waals surface area (Å²) in [5.41, 5.74) is 7.71. The molecular weight excluding hydrogens is 410 g/mol. The largest absolute Gasteiger partial charge is 0.496 e. The summed E-state index contributed by atoms with van der Waals surface area (Å²) in [4.78, 5) is 0. The number of benzene rings is 3. The summed E-state index contributed by atoms with van der Waals surface area (Å²) in [5.74, 6) is 2.42. The zero-order chi connectivity index (χ0) is 23.2. The van der Waals surface area contributed by atoms with Gasteiger partial charge in [0.2, 0.25) is 0 Å². The third-order valence-electron chi connectivity index (χ3n) is 6.19. The molecule has 3 aromatic rings. The monoisotopic (exact) mass is 439 g/mol. The maximum absolute atomic E-state index is 6.70. The smallest absolute Gasteiger partial charge is 0.150 e. The Kier molecular flexibility index (Phi) is 5.16. The molecule has 0 spiro atoms. The van der Waals surface area contributed by atoms with Crippen LogP contribution in [0.4, 0.5) is 5.69 Å². The minimum Gasteiger partial charge on any atom is -0.496 e. The summed E-state index contributed by atoms with van der Waals surface area (Å²) < 4.78 is 18.3. The number of rotatable bonds is 5. The fraction of sp³-hybridized carbons (Fsp3) is 0.241. The summed E-state index contributed by atoms with van der Waals surface area (Å²) in [7, 11) is 1.70. The van der Waals surface area contributed by atoms with Gasteiger partial charge in [-0.25, -0.2) is 0 Å². The number of anilines is 1. The summed E-state index contributed by atoms with van der Waals surface area (Å²) >= 11 is 0. The fourth-order valence-electron chi connectivity index (χ4n) is 5.02. The van der Waals surface area contributed by atoms with E-state index in [4.69, 9.17) is 14.2 Å². The molecule has 0 saturated heterocycles. The molecule has 1 N–H and O–H groups in total. The van der Waals surface area contributed by atoms with E-state index in [0.29, 0.717) is 6.61 Å². The highest BCUT2D eigenvalue weighted by molar-refractivity contribution is 5.91. The van der Waals surface area contributed by atoms with Crippen LogP contribution < -0.4 is 19.5 Å². The van der Waals surface area contributed by atoms with Gasteiger partial charge in [-0.1, -0.05) is 43.0 Å². The fourth-order valence-corrected chi connectivity index (χ4v) is 5.02. The van der Waals surface area contributed by atoms with E-state index in [1.54, 1.807) is 13.2 Å². The molecule has 0 fully saturated rings. The predicted molar refractivity (Wildman–Crippen MR) is 134 cm³/mol. The van der Waals surface area contributed by atoms with E-state index in [9.17, 15) is 0 Å². The van der Waals surface area contributed by atoms with Crippen molar-refractivity contribution >= 4 is 11.3 Å². The first kappa shape index (κ1) is 21.2. The molecule has 2 aliphatic rings. The standard InChI is InChI=1S/C29H29NO3/c1-6-15-32-20-10-7-9-19(16-20)28-27-21(26-23(31-5)11-8-12-24(26)33-28)13-14-22-25(27)18(2)17-29(3,4)30-22/h6-14,16-17,28,30H,1,15H2,2-5H3. The van der Waals surface area contributed by atoms with Gasteiger partial charge in [0.05, 0.1) is 18.2 Å². The van der Waals surface area contributed by atoms with Gasteiger partial charge in [-0.2, -0.15) is 0 Å². The van der Waals surface area contributed by atoms with Crippen LogP contribution in [0, 0.1) is 0 Å². The van der Waals surface area contributed by atoms with E-state index in [2.05, 4.69) is 63.0 Å². The quantitative estimate of drug-likeness (QED) is 0.434. The molecule has 4 nitrogen and oxygen atoms in total. The van der Waals surface area contributed by atoms with E-state index in [0.717, 1.165) is 45.2 Å². The van der Waals surface area contributed by atoms with Crippen molar-refractivity contribution in [2.75, 3.05) is 19.0 Å². The molecule has 2 aliphatic heterocycles. The Bertz CT molecular complexity index is 1270. The number of methoxy groups -OCH3 is 1. The lowest BCUT2D eigenvalue weighted by atomic mass is 9.80. The van der Waals surface area contributed by atoms with Crippen molar-refractivity contribution in [3.8, 4) is 28.4 Å². The van der Waals surface area contributed by atoms with Crippen molar-refractivity contribution in [2.24, 2.45) is 0 Å². The molecule has 168 valence electrons. The van der Waals surface area contributed by atoms with Crippen LogP contribution in [0.1, 0.15) is 43.6 Å². The van der Waals surface area contributed by atoms with Gasteiger partial charge >= 0.3 is 0 Å². The van der Waals surface area contributed by atoms with E-state index in [1.807, 2.05) is 30.3 Å². The summed E-state index contributed by atoms with van der Waals surface area (Å²) in [6, 6.07) is 18.5. The minimum atomic E-state index is -0.284. The minimum absolute atomic E-state index is 0.121. The molecule has 2 heterocycles. The van der Waals surface area contributed by atoms with Gasteiger partial charge in [0, 0.05) is 22.4 Å². The van der Waals surface area contributed by atoms with Crippen LogP contribution in [-0.4, -0.2) is 19.3 Å². The number of ether oxygens (including phenoxy) is 3. The van der Waals surface area contributed by atoms with Crippen LogP contribution in [0.25, 0.3) is 16.7 Å². The number of allylic oxidation sites excluding steroid dienone is 1. The molecule has 0 radical (unpaired) electrons.